The Kier molecular flexibility index (Phi) is 3.40. The molecule has 104 valence electrons. The number of aryl methyl sites for hydroxylation is 1. The molecule has 0 unspecified atom stereocenters. The summed E-state index contributed by atoms with van der Waals surface area (Å²) in [5, 5.41) is 0.756. The van der Waals surface area contributed by atoms with E-state index < -0.39 is 5.63 Å². The number of rotatable bonds is 3. The van der Waals surface area contributed by atoms with Crippen molar-refractivity contribution in [2.75, 3.05) is 0 Å². The third-order valence-electron chi connectivity index (χ3n) is 3.49. The van der Waals surface area contributed by atoms with Gasteiger partial charge in [0.2, 0.25) is 0 Å². The quantitative estimate of drug-likeness (QED) is 0.543. The molecule has 3 heteroatoms. The van der Waals surface area contributed by atoms with E-state index in [0.717, 1.165) is 17.4 Å². The Morgan fingerprint density at radius 3 is 2.52 bits per heavy atom. The van der Waals surface area contributed by atoms with Gasteiger partial charge in [-0.05, 0) is 24.1 Å². The highest BCUT2D eigenvalue weighted by molar-refractivity contribution is 6.09. The van der Waals surface area contributed by atoms with Gasteiger partial charge in [0.15, 0.2) is 5.78 Å². The fourth-order valence-corrected chi connectivity index (χ4v) is 2.28. The SMILES string of the molecule is CCc1ccc2cc(C(=O)c3ccccc3)c(=O)oc2c1. The molecule has 3 rings (SSSR count). The van der Waals surface area contributed by atoms with Crippen LogP contribution in [-0.4, -0.2) is 5.78 Å². The number of benzene rings is 2. The summed E-state index contributed by atoms with van der Waals surface area (Å²) in [6, 6.07) is 16.0. The molecule has 1 heterocycles. The van der Waals surface area contributed by atoms with Gasteiger partial charge < -0.3 is 4.42 Å². The maximum Gasteiger partial charge on any atom is 0.347 e. The Balaban J connectivity index is 2.14. The van der Waals surface area contributed by atoms with Crippen LogP contribution < -0.4 is 5.63 Å². The van der Waals surface area contributed by atoms with Gasteiger partial charge in [0, 0.05) is 10.9 Å². The van der Waals surface area contributed by atoms with Gasteiger partial charge in [-0.2, -0.15) is 0 Å². The summed E-state index contributed by atoms with van der Waals surface area (Å²) in [5.74, 6) is -0.314. The molecule has 3 aromatic rings. The van der Waals surface area contributed by atoms with Gasteiger partial charge in [-0.25, -0.2) is 4.79 Å². The average Bonchev–Trinajstić information content (AvgIpc) is 2.53. The van der Waals surface area contributed by atoms with Crippen LogP contribution >= 0.6 is 0 Å². The number of ketones is 1. The summed E-state index contributed by atoms with van der Waals surface area (Å²) in [4.78, 5) is 24.4. The second kappa shape index (κ2) is 5.37. The zero-order chi connectivity index (χ0) is 14.8. The predicted molar refractivity (Wildman–Crippen MR) is 81.7 cm³/mol. The van der Waals surface area contributed by atoms with Crippen LogP contribution in [0.5, 0.6) is 0 Å². The van der Waals surface area contributed by atoms with E-state index in [1.807, 2.05) is 31.2 Å². The third-order valence-corrected chi connectivity index (χ3v) is 3.49. The van der Waals surface area contributed by atoms with Crippen LogP contribution in [0, 0.1) is 0 Å². The van der Waals surface area contributed by atoms with Gasteiger partial charge in [-0.3, -0.25) is 4.79 Å². The molecule has 0 N–H and O–H groups in total. The van der Waals surface area contributed by atoms with Crippen molar-refractivity contribution >= 4 is 16.8 Å². The molecule has 0 atom stereocenters. The minimum Gasteiger partial charge on any atom is -0.422 e. The van der Waals surface area contributed by atoms with E-state index in [9.17, 15) is 9.59 Å². The summed E-state index contributed by atoms with van der Waals surface area (Å²) in [5.41, 5.74) is 1.56. The molecule has 0 fully saturated rings. The Hall–Kier alpha value is -2.68. The lowest BCUT2D eigenvalue weighted by Crippen LogP contribution is -2.14. The van der Waals surface area contributed by atoms with Crippen molar-refractivity contribution in [3.8, 4) is 0 Å². The average molecular weight is 278 g/mol. The molecule has 0 aliphatic carbocycles. The molecular formula is C18H14O3. The minimum absolute atomic E-state index is 0.0675. The summed E-state index contributed by atoms with van der Waals surface area (Å²) in [7, 11) is 0. The van der Waals surface area contributed by atoms with E-state index in [1.165, 1.54) is 0 Å². The molecule has 0 spiro atoms. The lowest BCUT2D eigenvalue weighted by molar-refractivity contribution is 0.103. The number of fused-ring (bicyclic) bond motifs is 1. The van der Waals surface area contributed by atoms with E-state index in [2.05, 4.69) is 0 Å². The van der Waals surface area contributed by atoms with Crippen molar-refractivity contribution in [2.24, 2.45) is 0 Å². The van der Waals surface area contributed by atoms with Gasteiger partial charge in [0.1, 0.15) is 11.1 Å². The molecule has 0 aliphatic heterocycles. The largest absolute Gasteiger partial charge is 0.422 e. The fourth-order valence-electron chi connectivity index (χ4n) is 2.28. The highest BCUT2D eigenvalue weighted by Crippen LogP contribution is 2.17. The molecule has 0 amide bonds. The van der Waals surface area contributed by atoms with Crippen molar-refractivity contribution in [3.63, 3.8) is 0 Å². The maximum atomic E-state index is 12.4. The molecule has 3 nitrogen and oxygen atoms in total. The van der Waals surface area contributed by atoms with Crippen LogP contribution in [0.25, 0.3) is 11.0 Å². The lowest BCUT2D eigenvalue weighted by Gasteiger charge is -2.03. The summed E-state index contributed by atoms with van der Waals surface area (Å²) in [6.45, 7) is 2.03. The molecule has 2 aromatic carbocycles. The van der Waals surface area contributed by atoms with Crippen LogP contribution in [-0.2, 0) is 6.42 Å². The lowest BCUT2D eigenvalue weighted by atomic mass is 10.0. The predicted octanol–water partition coefficient (Wildman–Crippen LogP) is 3.59. The summed E-state index contributed by atoms with van der Waals surface area (Å²) < 4.78 is 5.30. The molecular weight excluding hydrogens is 264 g/mol. The zero-order valence-corrected chi connectivity index (χ0v) is 11.6. The minimum atomic E-state index is -0.593. The Labute approximate surface area is 121 Å². The smallest absolute Gasteiger partial charge is 0.347 e. The zero-order valence-electron chi connectivity index (χ0n) is 11.6. The molecule has 0 radical (unpaired) electrons. The van der Waals surface area contributed by atoms with Crippen LogP contribution in [0.2, 0.25) is 0 Å². The second-order valence-electron chi connectivity index (χ2n) is 4.87. The molecule has 1 aromatic heterocycles. The van der Waals surface area contributed by atoms with Crippen molar-refractivity contribution in [3.05, 3.63) is 81.7 Å². The second-order valence-corrected chi connectivity index (χ2v) is 4.87. The first-order valence-electron chi connectivity index (χ1n) is 6.85. The summed E-state index contributed by atoms with van der Waals surface area (Å²) in [6.07, 6.45) is 0.865. The first kappa shape index (κ1) is 13.3. The molecule has 0 saturated heterocycles. The normalized spacial score (nSPS) is 10.7. The van der Waals surface area contributed by atoms with E-state index in [0.29, 0.717) is 11.1 Å². The van der Waals surface area contributed by atoms with Crippen LogP contribution in [0.15, 0.2) is 63.8 Å². The van der Waals surface area contributed by atoms with Gasteiger partial charge >= 0.3 is 5.63 Å². The van der Waals surface area contributed by atoms with Crippen molar-refractivity contribution in [1.29, 1.82) is 0 Å². The maximum absolute atomic E-state index is 12.4. The number of carbonyl (C=O) groups excluding carboxylic acids is 1. The highest BCUT2D eigenvalue weighted by Gasteiger charge is 2.15. The Morgan fingerprint density at radius 2 is 1.81 bits per heavy atom. The van der Waals surface area contributed by atoms with Gasteiger partial charge in [-0.1, -0.05) is 49.4 Å². The van der Waals surface area contributed by atoms with Crippen LogP contribution in [0.3, 0.4) is 0 Å². The van der Waals surface area contributed by atoms with Gasteiger partial charge in [0.25, 0.3) is 0 Å². The molecule has 0 aliphatic rings. The Bertz CT molecular complexity index is 861. The number of carbonyl (C=O) groups is 1. The molecule has 0 bridgehead atoms. The van der Waals surface area contributed by atoms with Crippen molar-refractivity contribution < 1.29 is 9.21 Å². The standard InChI is InChI=1S/C18H14O3/c1-2-12-8-9-14-11-15(18(20)21-16(14)10-12)17(19)13-6-4-3-5-7-13/h3-11H,2H2,1H3. The first-order chi connectivity index (χ1) is 10.2. The van der Waals surface area contributed by atoms with E-state index in [1.54, 1.807) is 30.3 Å². The van der Waals surface area contributed by atoms with Crippen LogP contribution in [0.1, 0.15) is 28.4 Å². The fraction of sp³-hybridized carbons (Fsp3) is 0.111. The van der Waals surface area contributed by atoms with Crippen LogP contribution in [0.4, 0.5) is 0 Å². The third kappa shape index (κ3) is 2.50. The van der Waals surface area contributed by atoms with Gasteiger partial charge in [-0.15, -0.1) is 0 Å². The monoisotopic (exact) mass is 278 g/mol. The molecule has 21 heavy (non-hydrogen) atoms. The number of hydrogen-bond acceptors (Lipinski definition) is 3. The van der Waals surface area contributed by atoms with Crippen molar-refractivity contribution in [1.82, 2.24) is 0 Å². The first-order valence-corrected chi connectivity index (χ1v) is 6.85. The highest BCUT2D eigenvalue weighted by atomic mass is 16.4. The van der Waals surface area contributed by atoms with E-state index in [-0.39, 0.29) is 11.3 Å². The molecule has 0 saturated carbocycles. The van der Waals surface area contributed by atoms with E-state index in [4.69, 9.17) is 4.42 Å². The summed E-state index contributed by atoms with van der Waals surface area (Å²) >= 11 is 0. The van der Waals surface area contributed by atoms with Gasteiger partial charge in [0.05, 0.1) is 0 Å². The number of hydrogen-bond donors (Lipinski definition) is 0. The van der Waals surface area contributed by atoms with Crippen molar-refractivity contribution in [2.45, 2.75) is 13.3 Å². The topological polar surface area (TPSA) is 47.3 Å². The van der Waals surface area contributed by atoms with E-state index >= 15 is 0 Å². The Morgan fingerprint density at radius 1 is 1.05 bits per heavy atom.